The Kier molecular flexibility index (Phi) is 6.02. The SMILES string of the molecule is CC(C)c1nn(-c2nc3ccccc3s2)c(-c2ccc(F)cc2)c1/C=C/[C@H]1C[C@H](O)CC(=O)O1. The van der Waals surface area contributed by atoms with E-state index in [9.17, 15) is 14.3 Å². The zero-order valence-corrected chi connectivity index (χ0v) is 19.6. The minimum Gasteiger partial charge on any atom is -0.458 e. The van der Waals surface area contributed by atoms with Gasteiger partial charge in [0.15, 0.2) is 0 Å². The van der Waals surface area contributed by atoms with Gasteiger partial charge in [-0.25, -0.2) is 14.1 Å². The van der Waals surface area contributed by atoms with Crippen molar-refractivity contribution in [3.8, 4) is 16.4 Å². The number of benzene rings is 2. The van der Waals surface area contributed by atoms with Crippen LogP contribution < -0.4 is 0 Å². The predicted molar refractivity (Wildman–Crippen MR) is 130 cm³/mol. The van der Waals surface area contributed by atoms with Crippen LogP contribution in [0.3, 0.4) is 0 Å². The fourth-order valence-corrected chi connectivity index (χ4v) is 5.07. The van der Waals surface area contributed by atoms with Crippen LogP contribution in [0.4, 0.5) is 4.39 Å². The van der Waals surface area contributed by atoms with Gasteiger partial charge in [-0.1, -0.05) is 43.4 Å². The van der Waals surface area contributed by atoms with Gasteiger partial charge < -0.3 is 9.84 Å². The molecule has 6 nitrogen and oxygen atoms in total. The van der Waals surface area contributed by atoms with Gasteiger partial charge in [-0.2, -0.15) is 5.10 Å². The standard InChI is InChI=1S/C26H24FN3O3S/c1-15(2)24-20(12-11-19-13-18(31)14-23(32)33-19)25(16-7-9-17(27)10-8-16)30(29-24)26-28-21-5-3-4-6-22(21)34-26/h3-12,15,18-19,31H,13-14H2,1-2H3/b12-11+/t18-,19-/m0/s1. The van der Waals surface area contributed by atoms with E-state index in [-0.39, 0.29) is 18.2 Å². The lowest BCUT2D eigenvalue weighted by Gasteiger charge is -2.23. The lowest BCUT2D eigenvalue weighted by atomic mass is 9.98. The van der Waals surface area contributed by atoms with Crippen molar-refractivity contribution in [2.24, 2.45) is 0 Å². The molecule has 2 aromatic carbocycles. The molecule has 3 heterocycles. The van der Waals surface area contributed by atoms with Gasteiger partial charge >= 0.3 is 5.97 Å². The first-order valence-electron chi connectivity index (χ1n) is 11.2. The number of para-hydroxylation sites is 1. The van der Waals surface area contributed by atoms with E-state index < -0.39 is 18.2 Å². The van der Waals surface area contributed by atoms with Gasteiger partial charge in [0.25, 0.3) is 0 Å². The molecule has 4 aromatic rings. The molecule has 2 atom stereocenters. The van der Waals surface area contributed by atoms with Crippen LogP contribution in [0.25, 0.3) is 32.7 Å². The van der Waals surface area contributed by atoms with Crippen LogP contribution in [0.1, 0.15) is 43.9 Å². The molecule has 0 unspecified atom stereocenters. The van der Waals surface area contributed by atoms with Crippen molar-refractivity contribution in [1.29, 1.82) is 0 Å². The zero-order valence-electron chi connectivity index (χ0n) is 18.8. The number of hydrogen-bond donors (Lipinski definition) is 1. The van der Waals surface area contributed by atoms with Gasteiger partial charge in [-0.15, -0.1) is 0 Å². The van der Waals surface area contributed by atoms with E-state index in [0.717, 1.165) is 32.7 Å². The van der Waals surface area contributed by atoms with Crippen molar-refractivity contribution in [2.45, 2.75) is 44.8 Å². The first kappa shape index (κ1) is 22.4. The first-order valence-corrected chi connectivity index (χ1v) is 12.0. The lowest BCUT2D eigenvalue weighted by Crippen LogP contribution is -2.31. The number of cyclic esters (lactones) is 1. The third-order valence-electron chi connectivity index (χ3n) is 5.75. The Bertz CT molecular complexity index is 1340. The number of carbonyl (C=O) groups excluding carboxylic acids is 1. The molecule has 0 spiro atoms. The summed E-state index contributed by atoms with van der Waals surface area (Å²) < 4.78 is 22.0. The second kappa shape index (κ2) is 9.12. The molecule has 1 aliphatic rings. The Hall–Kier alpha value is -3.36. The highest BCUT2D eigenvalue weighted by Crippen LogP contribution is 2.36. The number of nitrogens with zero attached hydrogens (tertiary/aromatic N) is 3. The smallest absolute Gasteiger partial charge is 0.309 e. The minimum atomic E-state index is -0.720. The Morgan fingerprint density at radius 3 is 2.68 bits per heavy atom. The summed E-state index contributed by atoms with van der Waals surface area (Å²) in [6.07, 6.45) is 2.79. The van der Waals surface area contributed by atoms with Crippen molar-refractivity contribution < 1.29 is 19.0 Å². The number of aliphatic hydroxyl groups is 1. The van der Waals surface area contributed by atoms with E-state index in [1.807, 2.05) is 35.0 Å². The van der Waals surface area contributed by atoms with Crippen LogP contribution in [0.15, 0.2) is 54.6 Å². The first-order chi connectivity index (χ1) is 16.4. The third-order valence-corrected chi connectivity index (χ3v) is 6.76. The van der Waals surface area contributed by atoms with E-state index in [1.165, 1.54) is 23.5 Å². The summed E-state index contributed by atoms with van der Waals surface area (Å²) in [4.78, 5) is 16.6. The number of halogens is 1. The largest absolute Gasteiger partial charge is 0.458 e. The van der Waals surface area contributed by atoms with E-state index in [1.54, 1.807) is 18.2 Å². The number of aliphatic hydroxyl groups excluding tert-OH is 1. The molecule has 34 heavy (non-hydrogen) atoms. The van der Waals surface area contributed by atoms with Crippen molar-refractivity contribution >= 4 is 33.6 Å². The molecular formula is C26H24FN3O3S. The van der Waals surface area contributed by atoms with Crippen LogP contribution in [0, 0.1) is 5.82 Å². The van der Waals surface area contributed by atoms with Crippen LogP contribution in [0.2, 0.25) is 0 Å². The Morgan fingerprint density at radius 2 is 1.97 bits per heavy atom. The van der Waals surface area contributed by atoms with Gasteiger partial charge in [0.1, 0.15) is 11.9 Å². The summed E-state index contributed by atoms with van der Waals surface area (Å²) in [7, 11) is 0. The third kappa shape index (κ3) is 4.38. The van der Waals surface area contributed by atoms with Gasteiger partial charge in [-0.3, -0.25) is 4.79 Å². The monoisotopic (exact) mass is 477 g/mol. The van der Waals surface area contributed by atoms with Crippen molar-refractivity contribution in [2.75, 3.05) is 0 Å². The number of hydrogen-bond acceptors (Lipinski definition) is 6. The molecule has 1 N–H and O–H groups in total. The van der Waals surface area contributed by atoms with Crippen LogP contribution >= 0.6 is 11.3 Å². The van der Waals surface area contributed by atoms with Crippen molar-refractivity contribution in [1.82, 2.24) is 14.8 Å². The van der Waals surface area contributed by atoms with Gasteiger partial charge in [-0.05, 0) is 48.4 Å². The molecule has 8 heteroatoms. The summed E-state index contributed by atoms with van der Waals surface area (Å²) in [5, 5.41) is 15.6. The van der Waals surface area contributed by atoms with E-state index in [4.69, 9.17) is 14.8 Å². The Morgan fingerprint density at radius 1 is 1.21 bits per heavy atom. The highest BCUT2D eigenvalue weighted by Gasteiger charge is 2.27. The summed E-state index contributed by atoms with van der Waals surface area (Å²) in [5.74, 6) is -0.644. The van der Waals surface area contributed by atoms with Gasteiger partial charge in [0.05, 0.1) is 34.1 Å². The summed E-state index contributed by atoms with van der Waals surface area (Å²) in [6, 6.07) is 14.2. The van der Waals surface area contributed by atoms with Crippen LogP contribution in [-0.2, 0) is 9.53 Å². The molecule has 174 valence electrons. The maximum Gasteiger partial charge on any atom is 0.309 e. The number of thiazole rings is 1. The summed E-state index contributed by atoms with van der Waals surface area (Å²) in [6.45, 7) is 4.11. The second-order valence-electron chi connectivity index (χ2n) is 8.67. The predicted octanol–water partition coefficient (Wildman–Crippen LogP) is 5.49. The number of rotatable bonds is 5. The van der Waals surface area contributed by atoms with Gasteiger partial charge in [0.2, 0.25) is 5.13 Å². The normalized spacial score (nSPS) is 18.8. The summed E-state index contributed by atoms with van der Waals surface area (Å²) >= 11 is 1.53. The quantitative estimate of drug-likeness (QED) is 0.385. The fraction of sp³-hybridized carbons (Fsp3) is 0.269. The van der Waals surface area contributed by atoms with E-state index in [2.05, 4.69) is 13.8 Å². The summed E-state index contributed by atoms with van der Waals surface area (Å²) in [5.41, 5.74) is 4.14. The molecule has 5 rings (SSSR count). The molecule has 0 saturated carbocycles. The number of ether oxygens (including phenoxy) is 1. The number of aromatic nitrogens is 3. The number of fused-ring (bicyclic) bond motifs is 1. The van der Waals surface area contributed by atoms with Crippen molar-refractivity contribution in [3.05, 3.63) is 71.7 Å². The fourth-order valence-electron chi connectivity index (χ4n) is 4.14. The maximum atomic E-state index is 13.7. The van der Waals surface area contributed by atoms with Crippen LogP contribution in [0.5, 0.6) is 0 Å². The number of carbonyl (C=O) groups is 1. The topological polar surface area (TPSA) is 77.2 Å². The molecule has 0 radical (unpaired) electrons. The molecule has 1 aliphatic heterocycles. The zero-order chi connectivity index (χ0) is 23.8. The minimum absolute atomic E-state index is 0.0119. The van der Waals surface area contributed by atoms with Crippen LogP contribution in [-0.4, -0.2) is 38.0 Å². The lowest BCUT2D eigenvalue weighted by molar-refractivity contribution is -0.156. The molecule has 1 saturated heterocycles. The molecule has 2 aromatic heterocycles. The number of esters is 1. The molecule has 0 amide bonds. The average Bonchev–Trinajstić information content (AvgIpc) is 3.39. The van der Waals surface area contributed by atoms with E-state index >= 15 is 0 Å². The Labute approximate surface area is 200 Å². The average molecular weight is 478 g/mol. The van der Waals surface area contributed by atoms with E-state index in [0.29, 0.717) is 11.6 Å². The molecular weight excluding hydrogens is 453 g/mol. The molecule has 1 fully saturated rings. The Balaban J connectivity index is 1.68. The maximum absolute atomic E-state index is 13.7. The second-order valence-corrected chi connectivity index (χ2v) is 9.68. The highest BCUT2D eigenvalue weighted by molar-refractivity contribution is 7.20. The highest BCUT2D eigenvalue weighted by atomic mass is 32.1. The van der Waals surface area contributed by atoms with Gasteiger partial charge in [0, 0.05) is 17.5 Å². The molecule has 0 bridgehead atoms. The molecule has 0 aliphatic carbocycles. The van der Waals surface area contributed by atoms with Crippen molar-refractivity contribution in [3.63, 3.8) is 0 Å².